The van der Waals surface area contributed by atoms with E-state index in [-0.39, 0.29) is 17.7 Å². The minimum atomic E-state index is -0.575. The first-order valence-electron chi connectivity index (χ1n) is 9.24. The molecule has 1 rings (SSSR count). The molecule has 0 bridgehead atoms. The highest BCUT2D eigenvalue weighted by atomic mass is 16.2. The molecule has 0 aliphatic carbocycles. The van der Waals surface area contributed by atoms with Gasteiger partial charge in [-0.25, -0.2) is 0 Å². The Kier molecular flexibility index (Phi) is 9.60. The van der Waals surface area contributed by atoms with Gasteiger partial charge in [-0.1, -0.05) is 47.6 Å². The van der Waals surface area contributed by atoms with Gasteiger partial charge in [0.25, 0.3) is 0 Å². The lowest BCUT2D eigenvalue weighted by Gasteiger charge is -2.20. The fourth-order valence-corrected chi connectivity index (χ4v) is 2.60. The average Bonchev–Trinajstić information content (AvgIpc) is 2.58. The summed E-state index contributed by atoms with van der Waals surface area (Å²) in [4.78, 5) is 24.3. The number of carbonyl (C=O) groups excluding carboxylic acids is 2. The lowest BCUT2D eigenvalue weighted by Crippen LogP contribution is -2.40. The van der Waals surface area contributed by atoms with E-state index in [1.165, 1.54) is 5.57 Å². The Bertz CT molecular complexity index is 641. The highest BCUT2D eigenvalue weighted by Gasteiger charge is 2.17. The number of hydrogen-bond acceptors (Lipinski definition) is 3. The van der Waals surface area contributed by atoms with E-state index >= 15 is 0 Å². The van der Waals surface area contributed by atoms with E-state index in [1.54, 1.807) is 13.0 Å². The number of carbonyl (C=O) groups is 2. The summed E-state index contributed by atoms with van der Waals surface area (Å²) in [5.74, 6) is -0.115. The third-order valence-electron chi connectivity index (χ3n) is 4.11. The Balaban J connectivity index is 2.66. The summed E-state index contributed by atoms with van der Waals surface area (Å²) in [7, 11) is 0. The van der Waals surface area contributed by atoms with Crippen molar-refractivity contribution in [2.75, 3.05) is 0 Å². The predicted octanol–water partition coefficient (Wildman–Crippen LogP) is 4.23. The number of nitrogens with one attached hydrogen (secondary N) is 1. The number of nitrogens with two attached hydrogens (primary N) is 1. The molecule has 1 aromatic rings. The van der Waals surface area contributed by atoms with Crippen molar-refractivity contribution in [2.45, 2.75) is 65.5 Å². The highest BCUT2D eigenvalue weighted by Crippen LogP contribution is 2.19. The van der Waals surface area contributed by atoms with Crippen molar-refractivity contribution in [1.29, 1.82) is 0 Å². The van der Waals surface area contributed by atoms with E-state index in [4.69, 9.17) is 5.73 Å². The third-order valence-corrected chi connectivity index (χ3v) is 4.11. The fraction of sp³-hybridized carbons (Fsp3) is 0.455. The van der Waals surface area contributed by atoms with Gasteiger partial charge in [-0.3, -0.25) is 9.59 Å². The zero-order chi connectivity index (χ0) is 19.5. The second-order valence-corrected chi connectivity index (χ2v) is 7.08. The summed E-state index contributed by atoms with van der Waals surface area (Å²) in [6, 6.07) is 8.91. The summed E-state index contributed by atoms with van der Waals surface area (Å²) < 4.78 is 0. The zero-order valence-corrected chi connectivity index (χ0v) is 16.4. The molecule has 142 valence electrons. The Morgan fingerprint density at radius 3 is 2.35 bits per heavy atom. The monoisotopic (exact) mass is 356 g/mol. The number of amides is 1. The van der Waals surface area contributed by atoms with Crippen LogP contribution in [0.25, 0.3) is 0 Å². The highest BCUT2D eigenvalue weighted by molar-refractivity contribution is 5.90. The normalized spacial score (nSPS) is 13.7. The first-order valence-corrected chi connectivity index (χ1v) is 9.24. The largest absolute Gasteiger partial charge is 0.348 e. The van der Waals surface area contributed by atoms with Gasteiger partial charge in [-0.15, -0.1) is 0 Å². The molecule has 1 amide bonds. The number of allylic oxidation sites excluding steroid dienone is 4. The average molecular weight is 357 g/mol. The van der Waals surface area contributed by atoms with Crippen molar-refractivity contribution >= 4 is 11.7 Å². The number of hydrogen-bond donors (Lipinski definition) is 2. The molecule has 0 saturated carbocycles. The molecule has 1 aromatic carbocycles. The van der Waals surface area contributed by atoms with E-state index in [1.807, 2.05) is 37.3 Å². The van der Waals surface area contributed by atoms with Gasteiger partial charge in [0.15, 0.2) is 5.78 Å². The predicted molar refractivity (Wildman–Crippen MR) is 108 cm³/mol. The Labute approximate surface area is 157 Å². The minimum absolute atomic E-state index is 0.0932. The van der Waals surface area contributed by atoms with Crippen LogP contribution in [-0.4, -0.2) is 17.7 Å². The molecule has 0 aromatic heterocycles. The SMILES string of the molecule is CC(C)=CCC/C(C)=C/C(=O)CC[C@@H](NC(=O)[C@@H](C)N)c1ccccc1. The van der Waals surface area contributed by atoms with Crippen LogP contribution in [0.4, 0.5) is 0 Å². The second-order valence-electron chi connectivity index (χ2n) is 7.08. The molecule has 4 nitrogen and oxygen atoms in total. The zero-order valence-electron chi connectivity index (χ0n) is 16.4. The smallest absolute Gasteiger partial charge is 0.237 e. The molecule has 3 N–H and O–H groups in total. The van der Waals surface area contributed by atoms with Crippen molar-refractivity contribution < 1.29 is 9.59 Å². The van der Waals surface area contributed by atoms with Crippen molar-refractivity contribution in [3.63, 3.8) is 0 Å². The van der Waals surface area contributed by atoms with Gasteiger partial charge >= 0.3 is 0 Å². The summed E-state index contributed by atoms with van der Waals surface area (Å²) in [5.41, 5.74) is 9.02. The standard InChI is InChI=1S/C22H32N2O2/c1-16(2)9-8-10-17(3)15-20(25)13-14-21(24-22(26)18(4)23)19-11-6-5-7-12-19/h5-7,9,11-12,15,18,21H,8,10,13-14,23H2,1-4H3,(H,24,26)/b17-15+/t18-,21-/m1/s1. The minimum Gasteiger partial charge on any atom is -0.348 e. The maximum absolute atomic E-state index is 12.3. The first-order chi connectivity index (χ1) is 12.3. The quantitative estimate of drug-likeness (QED) is 0.487. The van der Waals surface area contributed by atoms with Crippen molar-refractivity contribution in [3.05, 3.63) is 59.2 Å². The van der Waals surface area contributed by atoms with E-state index < -0.39 is 6.04 Å². The second kappa shape index (κ2) is 11.4. The molecule has 0 radical (unpaired) electrons. The van der Waals surface area contributed by atoms with Gasteiger partial charge in [0.05, 0.1) is 12.1 Å². The summed E-state index contributed by atoms with van der Waals surface area (Å²) in [6.45, 7) is 7.79. The summed E-state index contributed by atoms with van der Waals surface area (Å²) in [6.07, 6.45) is 6.69. The first kappa shape index (κ1) is 21.8. The lowest BCUT2D eigenvalue weighted by atomic mass is 9.99. The van der Waals surface area contributed by atoms with E-state index in [2.05, 4.69) is 25.2 Å². The maximum Gasteiger partial charge on any atom is 0.237 e. The fourth-order valence-electron chi connectivity index (χ4n) is 2.60. The van der Waals surface area contributed by atoms with E-state index in [9.17, 15) is 9.59 Å². The lowest BCUT2D eigenvalue weighted by molar-refractivity contribution is -0.123. The van der Waals surface area contributed by atoms with Crippen LogP contribution < -0.4 is 11.1 Å². The molecule has 0 heterocycles. The van der Waals surface area contributed by atoms with E-state index in [0.29, 0.717) is 12.8 Å². The van der Waals surface area contributed by atoms with Crippen molar-refractivity contribution in [2.24, 2.45) is 5.73 Å². The molecule has 0 saturated heterocycles. The Hall–Kier alpha value is -2.20. The number of ketones is 1. The molecule has 4 heteroatoms. The van der Waals surface area contributed by atoms with Crippen LogP contribution in [0.1, 0.15) is 65.0 Å². The van der Waals surface area contributed by atoms with Crippen LogP contribution in [0.5, 0.6) is 0 Å². The van der Waals surface area contributed by atoms with Gasteiger partial charge in [0.1, 0.15) is 0 Å². The van der Waals surface area contributed by atoms with Gasteiger partial charge < -0.3 is 11.1 Å². The van der Waals surface area contributed by atoms with Gasteiger partial charge in [0, 0.05) is 6.42 Å². The summed E-state index contributed by atoms with van der Waals surface area (Å²) in [5, 5.41) is 2.94. The third kappa shape index (κ3) is 8.77. The Morgan fingerprint density at radius 1 is 1.12 bits per heavy atom. The molecule has 0 aliphatic heterocycles. The molecule has 0 unspecified atom stereocenters. The maximum atomic E-state index is 12.3. The van der Waals surface area contributed by atoms with Gasteiger partial charge in [0.2, 0.25) is 5.91 Å². The summed E-state index contributed by atoms with van der Waals surface area (Å²) >= 11 is 0. The van der Waals surface area contributed by atoms with Crippen LogP contribution in [-0.2, 0) is 9.59 Å². The number of rotatable bonds is 10. The molecule has 0 fully saturated rings. The van der Waals surface area contributed by atoms with Crippen molar-refractivity contribution in [3.8, 4) is 0 Å². The van der Waals surface area contributed by atoms with E-state index in [0.717, 1.165) is 24.0 Å². The molecular formula is C22H32N2O2. The van der Waals surface area contributed by atoms with Gasteiger partial charge in [-0.2, -0.15) is 0 Å². The van der Waals surface area contributed by atoms with Crippen LogP contribution >= 0.6 is 0 Å². The van der Waals surface area contributed by atoms with Crippen molar-refractivity contribution in [1.82, 2.24) is 5.32 Å². The van der Waals surface area contributed by atoms with Crippen LogP contribution in [0, 0.1) is 0 Å². The molecule has 0 spiro atoms. The van der Waals surface area contributed by atoms with Crippen LogP contribution in [0.2, 0.25) is 0 Å². The number of benzene rings is 1. The van der Waals surface area contributed by atoms with Crippen LogP contribution in [0.3, 0.4) is 0 Å². The van der Waals surface area contributed by atoms with Crippen LogP contribution in [0.15, 0.2) is 53.6 Å². The molecule has 0 aliphatic rings. The molecular weight excluding hydrogens is 324 g/mol. The topological polar surface area (TPSA) is 72.2 Å². The Morgan fingerprint density at radius 2 is 1.77 bits per heavy atom. The molecule has 26 heavy (non-hydrogen) atoms. The molecule has 2 atom stereocenters. The van der Waals surface area contributed by atoms with Gasteiger partial charge in [-0.05, 0) is 58.6 Å².